The number of hydrogen-bond donors (Lipinski definition) is 1. The monoisotopic (exact) mass is 196 g/mol. The van der Waals surface area contributed by atoms with Crippen molar-refractivity contribution >= 4 is 0 Å². The number of nitrogens with two attached hydrogens (primary N) is 1. The molecule has 1 rings (SSSR count). The normalized spacial score (nSPS) is 10.4. The van der Waals surface area contributed by atoms with Crippen molar-refractivity contribution in [3.8, 4) is 0 Å². The van der Waals surface area contributed by atoms with Crippen molar-refractivity contribution in [3.63, 3.8) is 0 Å². The molecular weight excluding hydrogens is 180 g/mol. The summed E-state index contributed by atoms with van der Waals surface area (Å²) in [5.41, 5.74) is 6.26. The summed E-state index contributed by atoms with van der Waals surface area (Å²) >= 11 is 0. The van der Waals surface area contributed by atoms with Gasteiger partial charge in [0.25, 0.3) is 5.56 Å². The van der Waals surface area contributed by atoms with Gasteiger partial charge in [0, 0.05) is 25.4 Å². The summed E-state index contributed by atoms with van der Waals surface area (Å²) in [6.07, 6.45) is 1.78. The zero-order valence-electron chi connectivity index (χ0n) is 8.40. The molecule has 0 aliphatic heterocycles. The van der Waals surface area contributed by atoms with Gasteiger partial charge in [0.2, 0.25) is 0 Å². The average molecular weight is 196 g/mol. The lowest BCUT2D eigenvalue weighted by atomic mass is 10.3. The van der Waals surface area contributed by atoms with Gasteiger partial charge in [-0.2, -0.15) is 0 Å². The molecule has 0 aromatic carbocycles. The van der Waals surface area contributed by atoms with Gasteiger partial charge in [-0.3, -0.25) is 4.79 Å². The average Bonchev–Trinajstić information content (AvgIpc) is 2.15. The fourth-order valence-corrected chi connectivity index (χ4v) is 1.14. The fourth-order valence-electron chi connectivity index (χ4n) is 1.14. The molecular formula is C10H16N2O2. The highest BCUT2D eigenvalue weighted by Gasteiger charge is 1.95. The van der Waals surface area contributed by atoms with Gasteiger partial charge in [0.1, 0.15) is 0 Å². The molecule has 0 unspecified atom stereocenters. The molecule has 0 radical (unpaired) electrons. The molecule has 0 bridgehead atoms. The molecule has 0 spiro atoms. The van der Waals surface area contributed by atoms with E-state index in [1.807, 2.05) is 13.0 Å². The van der Waals surface area contributed by atoms with Crippen molar-refractivity contribution < 1.29 is 4.74 Å². The van der Waals surface area contributed by atoms with Crippen molar-refractivity contribution in [1.29, 1.82) is 0 Å². The molecule has 0 saturated carbocycles. The molecule has 4 nitrogen and oxygen atoms in total. The van der Waals surface area contributed by atoms with Crippen molar-refractivity contribution in [3.05, 3.63) is 34.2 Å². The van der Waals surface area contributed by atoms with Gasteiger partial charge in [-0.25, -0.2) is 0 Å². The second kappa shape index (κ2) is 5.57. The van der Waals surface area contributed by atoms with Crippen LogP contribution >= 0.6 is 0 Å². The highest BCUT2D eigenvalue weighted by molar-refractivity contribution is 5.07. The first-order valence-corrected chi connectivity index (χ1v) is 4.69. The number of aromatic nitrogens is 1. The number of rotatable bonds is 5. The van der Waals surface area contributed by atoms with Crippen LogP contribution in [-0.2, 0) is 11.3 Å². The summed E-state index contributed by atoms with van der Waals surface area (Å²) in [4.78, 5) is 11.4. The van der Waals surface area contributed by atoms with Crippen LogP contribution in [-0.4, -0.2) is 24.3 Å². The molecule has 14 heavy (non-hydrogen) atoms. The molecule has 1 aromatic rings. The van der Waals surface area contributed by atoms with Crippen LogP contribution in [0.15, 0.2) is 23.1 Å². The number of ether oxygens (including phenoxy) is 1. The van der Waals surface area contributed by atoms with Gasteiger partial charge < -0.3 is 15.0 Å². The highest BCUT2D eigenvalue weighted by atomic mass is 16.5. The van der Waals surface area contributed by atoms with Crippen molar-refractivity contribution in [1.82, 2.24) is 4.57 Å². The summed E-state index contributed by atoms with van der Waals surface area (Å²) in [5, 5.41) is 0. The Bertz CT molecular complexity index is 333. The topological polar surface area (TPSA) is 57.2 Å². The first kappa shape index (κ1) is 10.9. The second-order valence-corrected chi connectivity index (χ2v) is 3.14. The molecule has 0 amide bonds. The van der Waals surface area contributed by atoms with Crippen LogP contribution in [0.25, 0.3) is 0 Å². The largest absolute Gasteiger partial charge is 0.378 e. The minimum absolute atomic E-state index is 0.0151. The van der Waals surface area contributed by atoms with E-state index in [0.29, 0.717) is 26.3 Å². The lowest BCUT2D eigenvalue weighted by Crippen LogP contribution is -2.22. The third kappa shape index (κ3) is 3.32. The van der Waals surface area contributed by atoms with E-state index < -0.39 is 0 Å². The number of nitrogens with zero attached hydrogens (tertiary/aromatic N) is 1. The molecule has 4 heteroatoms. The first-order valence-electron chi connectivity index (χ1n) is 4.69. The molecule has 1 heterocycles. The van der Waals surface area contributed by atoms with E-state index in [2.05, 4.69) is 0 Å². The van der Waals surface area contributed by atoms with E-state index in [-0.39, 0.29) is 5.56 Å². The number of pyridine rings is 1. The number of aryl methyl sites for hydroxylation is 1. The lowest BCUT2D eigenvalue weighted by Gasteiger charge is -2.05. The third-order valence-electron chi connectivity index (χ3n) is 1.89. The third-order valence-corrected chi connectivity index (χ3v) is 1.89. The van der Waals surface area contributed by atoms with Gasteiger partial charge in [0.05, 0.1) is 13.2 Å². The van der Waals surface area contributed by atoms with Crippen LogP contribution in [0.5, 0.6) is 0 Å². The molecule has 0 fully saturated rings. The maximum atomic E-state index is 11.4. The Kier molecular flexibility index (Phi) is 4.35. The smallest absolute Gasteiger partial charge is 0.250 e. The van der Waals surface area contributed by atoms with Crippen molar-refractivity contribution in [2.24, 2.45) is 5.73 Å². The molecule has 0 aliphatic carbocycles. The van der Waals surface area contributed by atoms with Crippen molar-refractivity contribution in [2.75, 3.05) is 19.8 Å². The maximum Gasteiger partial charge on any atom is 0.250 e. The second-order valence-electron chi connectivity index (χ2n) is 3.14. The highest BCUT2D eigenvalue weighted by Crippen LogP contribution is 1.90. The summed E-state index contributed by atoms with van der Waals surface area (Å²) in [7, 11) is 0. The molecule has 2 N–H and O–H groups in total. The Balaban J connectivity index is 2.47. The summed E-state index contributed by atoms with van der Waals surface area (Å²) in [6, 6.07) is 3.52. The van der Waals surface area contributed by atoms with Crippen LogP contribution < -0.4 is 11.3 Å². The molecule has 0 saturated heterocycles. The zero-order valence-corrected chi connectivity index (χ0v) is 8.40. The van der Waals surface area contributed by atoms with E-state index in [0.717, 1.165) is 5.56 Å². The van der Waals surface area contributed by atoms with Crippen LogP contribution in [0, 0.1) is 6.92 Å². The standard InChI is InChI=1S/C10H16N2O2/c1-9-2-4-12(10(13)8-9)5-7-14-6-3-11/h2,4,8H,3,5-7,11H2,1H3. The van der Waals surface area contributed by atoms with E-state index >= 15 is 0 Å². The van der Waals surface area contributed by atoms with Gasteiger partial charge >= 0.3 is 0 Å². The predicted molar refractivity (Wildman–Crippen MR) is 55.3 cm³/mol. The molecule has 0 aliphatic rings. The Labute approximate surface area is 83.3 Å². The van der Waals surface area contributed by atoms with Gasteiger partial charge in [-0.1, -0.05) is 0 Å². The van der Waals surface area contributed by atoms with E-state index in [1.165, 1.54) is 0 Å². The van der Waals surface area contributed by atoms with Gasteiger partial charge in [-0.05, 0) is 18.6 Å². The fraction of sp³-hybridized carbons (Fsp3) is 0.500. The maximum absolute atomic E-state index is 11.4. The van der Waals surface area contributed by atoms with E-state index in [1.54, 1.807) is 16.8 Å². The van der Waals surface area contributed by atoms with Gasteiger partial charge in [-0.15, -0.1) is 0 Å². The number of hydrogen-bond acceptors (Lipinski definition) is 3. The summed E-state index contributed by atoms with van der Waals surface area (Å²) in [5.74, 6) is 0. The van der Waals surface area contributed by atoms with Crippen LogP contribution in [0.4, 0.5) is 0 Å². The Morgan fingerprint density at radius 1 is 1.50 bits per heavy atom. The van der Waals surface area contributed by atoms with Crippen LogP contribution in [0.2, 0.25) is 0 Å². The van der Waals surface area contributed by atoms with E-state index in [9.17, 15) is 4.79 Å². The molecule has 78 valence electrons. The van der Waals surface area contributed by atoms with Crippen LogP contribution in [0.3, 0.4) is 0 Å². The lowest BCUT2D eigenvalue weighted by molar-refractivity contribution is 0.132. The quantitative estimate of drug-likeness (QED) is 0.681. The minimum atomic E-state index is 0.0151. The Hall–Kier alpha value is -1.13. The van der Waals surface area contributed by atoms with Crippen molar-refractivity contribution in [2.45, 2.75) is 13.5 Å². The zero-order chi connectivity index (χ0) is 10.4. The van der Waals surface area contributed by atoms with E-state index in [4.69, 9.17) is 10.5 Å². The summed E-state index contributed by atoms with van der Waals surface area (Å²) in [6.45, 7) is 4.07. The molecule has 1 aromatic heterocycles. The SMILES string of the molecule is Cc1ccn(CCOCCN)c(=O)c1. The van der Waals surface area contributed by atoms with Gasteiger partial charge in [0.15, 0.2) is 0 Å². The Morgan fingerprint density at radius 3 is 2.93 bits per heavy atom. The Morgan fingerprint density at radius 2 is 2.29 bits per heavy atom. The van der Waals surface area contributed by atoms with Crippen LogP contribution in [0.1, 0.15) is 5.56 Å². The predicted octanol–water partition coefficient (Wildman–Crippen LogP) is 0.132. The minimum Gasteiger partial charge on any atom is -0.378 e. The summed E-state index contributed by atoms with van der Waals surface area (Å²) < 4.78 is 6.82. The molecule has 0 atom stereocenters. The first-order chi connectivity index (χ1) is 6.74.